The molecule has 1 saturated heterocycles. The lowest BCUT2D eigenvalue weighted by molar-refractivity contribution is 0.0885. The van der Waals surface area contributed by atoms with Gasteiger partial charge in [0.1, 0.15) is 5.82 Å². The molecule has 2 atom stereocenters. The fraction of sp³-hybridized carbons (Fsp3) is 0.462. The number of thioether (sulfide) groups is 1. The van der Waals surface area contributed by atoms with Gasteiger partial charge in [-0.1, -0.05) is 13.8 Å². The van der Waals surface area contributed by atoms with Crippen LogP contribution in [0.4, 0.5) is 4.39 Å². The third-order valence-corrected chi connectivity index (χ3v) is 4.60. The van der Waals surface area contributed by atoms with E-state index in [4.69, 9.17) is 4.74 Å². The maximum Gasteiger partial charge on any atom is 0.199 e. The summed E-state index contributed by atoms with van der Waals surface area (Å²) < 4.78 is 18.8. The third kappa shape index (κ3) is 1.54. The van der Waals surface area contributed by atoms with Crippen LogP contribution >= 0.6 is 11.8 Å². The van der Waals surface area contributed by atoms with Crippen LogP contribution in [0.3, 0.4) is 0 Å². The van der Waals surface area contributed by atoms with Gasteiger partial charge in [0.15, 0.2) is 11.4 Å². The standard InChI is InChI=1S/C13H13FO2S/c1-7(2)12-13(16-12)6-17-10-4-3-8(14)5-9(10)11(13)15/h3-5,7,12H,6H2,1-2H3. The van der Waals surface area contributed by atoms with Crippen LogP contribution in [0.25, 0.3) is 0 Å². The molecule has 1 aromatic rings. The number of epoxide rings is 1. The molecule has 1 spiro atoms. The number of benzene rings is 1. The van der Waals surface area contributed by atoms with Gasteiger partial charge in [0.25, 0.3) is 0 Å². The lowest BCUT2D eigenvalue weighted by atomic mass is 9.90. The highest BCUT2D eigenvalue weighted by molar-refractivity contribution is 7.99. The minimum atomic E-state index is -0.681. The first-order valence-corrected chi connectivity index (χ1v) is 6.68. The van der Waals surface area contributed by atoms with Crippen LogP contribution in [-0.4, -0.2) is 23.2 Å². The first-order valence-electron chi connectivity index (χ1n) is 5.69. The Bertz CT molecular complexity index is 500. The van der Waals surface area contributed by atoms with Crippen molar-refractivity contribution in [2.45, 2.75) is 30.4 Å². The van der Waals surface area contributed by atoms with Gasteiger partial charge in [-0.05, 0) is 24.1 Å². The maximum atomic E-state index is 13.2. The molecule has 0 amide bonds. The summed E-state index contributed by atoms with van der Waals surface area (Å²) in [6.07, 6.45) is -0.0149. The van der Waals surface area contributed by atoms with Crippen molar-refractivity contribution in [2.24, 2.45) is 5.92 Å². The van der Waals surface area contributed by atoms with Gasteiger partial charge in [-0.25, -0.2) is 4.39 Å². The minimum Gasteiger partial charge on any atom is -0.356 e. The van der Waals surface area contributed by atoms with E-state index in [0.717, 1.165) is 4.90 Å². The Labute approximate surface area is 104 Å². The van der Waals surface area contributed by atoms with Gasteiger partial charge in [0.2, 0.25) is 0 Å². The SMILES string of the molecule is CC(C)C1OC12CSc1ccc(F)cc1C2=O. The van der Waals surface area contributed by atoms with Crippen LogP contribution in [-0.2, 0) is 4.74 Å². The Balaban J connectivity index is 1.99. The van der Waals surface area contributed by atoms with Crippen molar-refractivity contribution >= 4 is 17.5 Å². The molecule has 2 aliphatic heterocycles. The summed E-state index contributed by atoms with van der Waals surface area (Å²) in [5.74, 6) is 0.545. The van der Waals surface area contributed by atoms with Gasteiger partial charge in [0, 0.05) is 16.2 Å². The van der Waals surface area contributed by atoms with Crippen LogP contribution in [0.15, 0.2) is 23.1 Å². The second-order valence-corrected chi connectivity index (χ2v) is 5.95. The summed E-state index contributed by atoms with van der Waals surface area (Å²) in [4.78, 5) is 13.2. The second kappa shape index (κ2) is 3.56. The van der Waals surface area contributed by atoms with Gasteiger partial charge < -0.3 is 4.74 Å². The molecule has 0 aromatic heterocycles. The van der Waals surface area contributed by atoms with Gasteiger partial charge in [-0.2, -0.15) is 0 Å². The van der Waals surface area contributed by atoms with E-state index in [-0.39, 0.29) is 17.7 Å². The predicted molar refractivity (Wildman–Crippen MR) is 63.9 cm³/mol. The molecule has 90 valence electrons. The highest BCUT2D eigenvalue weighted by atomic mass is 32.2. The molecule has 0 radical (unpaired) electrons. The van der Waals surface area contributed by atoms with Crippen molar-refractivity contribution in [1.82, 2.24) is 0 Å². The van der Waals surface area contributed by atoms with Crippen molar-refractivity contribution in [2.75, 3.05) is 5.75 Å². The lowest BCUT2D eigenvalue weighted by Crippen LogP contribution is -2.35. The zero-order valence-corrected chi connectivity index (χ0v) is 10.5. The van der Waals surface area contributed by atoms with Gasteiger partial charge in [0.05, 0.1) is 6.10 Å². The number of Topliss-reactive ketones (excluding diaryl/α,β-unsaturated/α-hetero) is 1. The molecule has 0 N–H and O–H groups in total. The van der Waals surface area contributed by atoms with E-state index in [9.17, 15) is 9.18 Å². The quantitative estimate of drug-likeness (QED) is 0.720. The Morgan fingerprint density at radius 3 is 2.94 bits per heavy atom. The largest absolute Gasteiger partial charge is 0.356 e. The molecule has 0 bridgehead atoms. The number of carbonyl (C=O) groups excluding carboxylic acids is 1. The number of rotatable bonds is 1. The average Bonchev–Trinajstić information content (AvgIpc) is 3.01. The first-order chi connectivity index (χ1) is 8.04. The fourth-order valence-electron chi connectivity index (χ4n) is 2.45. The molecule has 2 aliphatic rings. The molecular formula is C13H13FO2S. The molecule has 0 aliphatic carbocycles. The summed E-state index contributed by atoms with van der Waals surface area (Å²) in [6.45, 7) is 4.08. The van der Waals surface area contributed by atoms with E-state index in [1.165, 1.54) is 12.1 Å². The molecule has 1 fully saturated rings. The van der Waals surface area contributed by atoms with Gasteiger partial charge in [-0.3, -0.25) is 4.79 Å². The Morgan fingerprint density at radius 2 is 2.29 bits per heavy atom. The van der Waals surface area contributed by atoms with Crippen LogP contribution < -0.4 is 0 Å². The van der Waals surface area contributed by atoms with Crippen LogP contribution in [0.5, 0.6) is 0 Å². The number of halogens is 1. The molecule has 3 rings (SSSR count). The molecule has 2 unspecified atom stereocenters. The smallest absolute Gasteiger partial charge is 0.199 e. The van der Waals surface area contributed by atoms with Gasteiger partial charge >= 0.3 is 0 Å². The summed E-state index contributed by atoms with van der Waals surface area (Å²) in [6, 6.07) is 4.39. The minimum absolute atomic E-state index is 0.0149. The van der Waals surface area contributed by atoms with Crippen molar-refractivity contribution < 1.29 is 13.9 Å². The monoisotopic (exact) mass is 252 g/mol. The Kier molecular flexibility index (Phi) is 2.35. The lowest BCUT2D eigenvalue weighted by Gasteiger charge is -2.21. The van der Waals surface area contributed by atoms with Crippen LogP contribution in [0.2, 0.25) is 0 Å². The summed E-state index contributed by atoms with van der Waals surface area (Å²) in [5, 5.41) is 0. The number of fused-ring (bicyclic) bond motifs is 1. The molecule has 2 nitrogen and oxygen atoms in total. The van der Waals surface area contributed by atoms with E-state index >= 15 is 0 Å². The zero-order valence-electron chi connectivity index (χ0n) is 9.70. The normalized spacial score (nSPS) is 30.8. The summed E-state index contributed by atoms with van der Waals surface area (Å²) in [7, 11) is 0. The van der Waals surface area contributed by atoms with Crippen molar-refractivity contribution in [3.63, 3.8) is 0 Å². The van der Waals surface area contributed by atoms with E-state index < -0.39 is 5.60 Å². The highest BCUT2D eigenvalue weighted by Gasteiger charge is 2.64. The second-order valence-electron chi connectivity index (χ2n) is 4.93. The fourth-order valence-corrected chi connectivity index (χ4v) is 3.65. The Hall–Kier alpha value is -0.870. The first kappa shape index (κ1) is 11.2. The van der Waals surface area contributed by atoms with E-state index in [1.54, 1.807) is 17.8 Å². The van der Waals surface area contributed by atoms with Crippen molar-refractivity contribution in [3.05, 3.63) is 29.6 Å². The predicted octanol–water partition coefficient (Wildman–Crippen LogP) is 2.91. The number of hydrogen-bond acceptors (Lipinski definition) is 3. The summed E-state index contributed by atoms with van der Waals surface area (Å²) >= 11 is 1.58. The van der Waals surface area contributed by atoms with Crippen molar-refractivity contribution in [3.8, 4) is 0 Å². The molecule has 17 heavy (non-hydrogen) atoms. The van der Waals surface area contributed by atoms with Crippen LogP contribution in [0.1, 0.15) is 24.2 Å². The number of carbonyl (C=O) groups is 1. The maximum absolute atomic E-state index is 13.2. The third-order valence-electron chi connectivity index (χ3n) is 3.36. The average molecular weight is 252 g/mol. The summed E-state index contributed by atoms with van der Waals surface area (Å²) in [5.41, 5.74) is -0.205. The number of ketones is 1. The van der Waals surface area contributed by atoms with Crippen molar-refractivity contribution in [1.29, 1.82) is 0 Å². The topological polar surface area (TPSA) is 29.6 Å². The molecule has 4 heteroatoms. The number of hydrogen-bond donors (Lipinski definition) is 0. The molecule has 0 saturated carbocycles. The van der Waals surface area contributed by atoms with E-state index in [1.807, 2.05) is 13.8 Å². The molecule has 1 aromatic carbocycles. The zero-order chi connectivity index (χ0) is 12.2. The number of ether oxygens (including phenoxy) is 1. The van der Waals surface area contributed by atoms with Gasteiger partial charge in [-0.15, -0.1) is 11.8 Å². The Morgan fingerprint density at radius 1 is 1.53 bits per heavy atom. The van der Waals surface area contributed by atoms with E-state index in [0.29, 0.717) is 17.2 Å². The highest BCUT2D eigenvalue weighted by Crippen LogP contribution is 2.51. The molecule has 2 heterocycles. The van der Waals surface area contributed by atoms with E-state index in [2.05, 4.69) is 0 Å². The molecular weight excluding hydrogens is 239 g/mol. The van der Waals surface area contributed by atoms with Crippen LogP contribution in [0, 0.1) is 11.7 Å².